The van der Waals surface area contributed by atoms with Gasteiger partial charge in [0.25, 0.3) is 0 Å². The first-order valence-electron chi connectivity index (χ1n) is 7.90. The van der Waals surface area contributed by atoms with Crippen LogP contribution in [0.15, 0.2) is 36.4 Å². The van der Waals surface area contributed by atoms with Crippen molar-refractivity contribution in [3.63, 3.8) is 0 Å². The molecule has 106 valence electrons. The molecule has 20 heavy (non-hydrogen) atoms. The molecule has 0 amide bonds. The monoisotopic (exact) mass is 267 g/mol. The highest BCUT2D eigenvalue weighted by molar-refractivity contribution is 5.88. The quantitative estimate of drug-likeness (QED) is 0.816. The highest BCUT2D eigenvalue weighted by Gasteiger charge is 2.25. The van der Waals surface area contributed by atoms with Crippen molar-refractivity contribution in [1.29, 1.82) is 0 Å². The zero-order valence-corrected chi connectivity index (χ0v) is 12.6. The summed E-state index contributed by atoms with van der Waals surface area (Å²) in [4.78, 5) is 0. The van der Waals surface area contributed by atoms with Crippen LogP contribution in [0, 0.1) is 18.8 Å². The third kappa shape index (κ3) is 2.47. The van der Waals surface area contributed by atoms with E-state index in [9.17, 15) is 0 Å². The summed E-state index contributed by atoms with van der Waals surface area (Å²) in [5.74, 6) is 1.53. The molecular weight excluding hydrogens is 242 g/mol. The largest absolute Gasteiger partial charge is 0.324 e. The molecule has 0 radical (unpaired) electrons. The first-order chi connectivity index (χ1) is 9.66. The van der Waals surface area contributed by atoms with Gasteiger partial charge in [-0.25, -0.2) is 0 Å². The lowest BCUT2D eigenvalue weighted by molar-refractivity contribution is 0.257. The fourth-order valence-corrected chi connectivity index (χ4v) is 3.66. The van der Waals surface area contributed by atoms with Crippen LogP contribution in [0.4, 0.5) is 0 Å². The highest BCUT2D eigenvalue weighted by Crippen LogP contribution is 2.37. The molecule has 1 unspecified atom stereocenters. The van der Waals surface area contributed by atoms with Gasteiger partial charge in [-0.2, -0.15) is 0 Å². The van der Waals surface area contributed by atoms with Crippen LogP contribution in [0.1, 0.15) is 49.8 Å². The predicted molar refractivity (Wildman–Crippen MR) is 86.7 cm³/mol. The molecule has 1 saturated carbocycles. The van der Waals surface area contributed by atoms with E-state index in [1.165, 1.54) is 47.6 Å². The first kappa shape index (κ1) is 13.6. The SMILES string of the molecule is Cc1ccc(C(N)C2CCC(C)CC2)c2ccccc12. The second-order valence-electron chi connectivity index (χ2n) is 6.56. The molecule has 1 nitrogen and oxygen atoms in total. The number of hydrogen-bond acceptors (Lipinski definition) is 1. The second kappa shape index (κ2) is 5.57. The number of rotatable bonds is 2. The smallest absolute Gasteiger partial charge is 0.0329 e. The van der Waals surface area contributed by atoms with E-state index in [4.69, 9.17) is 5.73 Å². The Kier molecular flexibility index (Phi) is 3.80. The minimum absolute atomic E-state index is 0.188. The molecule has 0 spiro atoms. The van der Waals surface area contributed by atoms with Crippen molar-refractivity contribution in [3.8, 4) is 0 Å². The fourth-order valence-electron chi connectivity index (χ4n) is 3.66. The van der Waals surface area contributed by atoms with Crippen LogP contribution in [0.3, 0.4) is 0 Å². The van der Waals surface area contributed by atoms with Crippen LogP contribution >= 0.6 is 0 Å². The molecule has 1 aliphatic carbocycles. The molecule has 0 aliphatic heterocycles. The van der Waals surface area contributed by atoms with Crippen LogP contribution in [0.5, 0.6) is 0 Å². The summed E-state index contributed by atoms with van der Waals surface area (Å²) in [6, 6.07) is 13.3. The molecule has 3 rings (SSSR count). The Morgan fingerprint density at radius 2 is 1.60 bits per heavy atom. The van der Waals surface area contributed by atoms with Crippen LogP contribution in [0.25, 0.3) is 10.8 Å². The molecular formula is C19H25N. The van der Waals surface area contributed by atoms with Gasteiger partial charge in [0.2, 0.25) is 0 Å². The van der Waals surface area contributed by atoms with E-state index in [0.29, 0.717) is 5.92 Å². The summed E-state index contributed by atoms with van der Waals surface area (Å²) in [7, 11) is 0. The second-order valence-corrected chi connectivity index (χ2v) is 6.56. The number of aryl methyl sites for hydroxylation is 1. The molecule has 0 bridgehead atoms. The standard InChI is InChI=1S/C19H25N/c1-13-7-10-15(11-8-13)19(20)18-12-9-14(2)16-5-3-4-6-17(16)18/h3-6,9,12-13,15,19H,7-8,10-11,20H2,1-2H3. The van der Waals surface area contributed by atoms with Crippen LogP contribution in [0.2, 0.25) is 0 Å². The lowest BCUT2D eigenvalue weighted by atomic mass is 9.77. The molecule has 2 aromatic carbocycles. The summed E-state index contributed by atoms with van der Waals surface area (Å²) in [5.41, 5.74) is 9.31. The van der Waals surface area contributed by atoms with E-state index in [-0.39, 0.29) is 6.04 Å². The van der Waals surface area contributed by atoms with Crippen LogP contribution in [-0.2, 0) is 0 Å². The van der Waals surface area contributed by atoms with Gasteiger partial charge in [-0.05, 0) is 53.5 Å². The van der Waals surface area contributed by atoms with E-state index in [2.05, 4.69) is 50.2 Å². The Bertz CT molecular complexity index is 594. The number of fused-ring (bicyclic) bond motifs is 1. The lowest BCUT2D eigenvalue weighted by Crippen LogP contribution is -2.25. The van der Waals surface area contributed by atoms with E-state index < -0.39 is 0 Å². The van der Waals surface area contributed by atoms with Gasteiger partial charge in [-0.1, -0.05) is 56.2 Å². The summed E-state index contributed by atoms with van der Waals surface area (Å²) in [6.07, 6.45) is 5.24. The summed E-state index contributed by atoms with van der Waals surface area (Å²) in [6.45, 7) is 4.54. The fraction of sp³-hybridized carbons (Fsp3) is 0.474. The van der Waals surface area contributed by atoms with Crippen molar-refractivity contribution >= 4 is 10.8 Å². The molecule has 0 heterocycles. The normalized spacial score (nSPS) is 24.8. The van der Waals surface area contributed by atoms with Crippen molar-refractivity contribution in [1.82, 2.24) is 0 Å². The van der Waals surface area contributed by atoms with Gasteiger partial charge in [0.15, 0.2) is 0 Å². The van der Waals surface area contributed by atoms with Crippen molar-refractivity contribution in [2.24, 2.45) is 17.6 Å². The molecule has 1 atom stereocenters. The Labute approximate surface area is 122 Å². The van der Waals surface area contributed by atoms with Crippen molar-refractivity contribution < 1.29 is 0 Å². The highest BCUT2D eigenvalue weighted by atomic mass is 14.7. The van der Waals surface area contributed by atoms with E-state index in [1.807, 2.05) is 0 Å². The van der Waals surface area contributed by atoms with E-state index in [1.54, 1.807) is 0 Å². The minimum Gasteiger partial charge on any atom is -0.324 e. The number of hydrogen-bond donors (Lipinski definition) is 1. The average Bonchev–Trinajstić information content (AvgIpc) is 2.48. The third-order valence-electron chi connectivity index (χ3n) is 5.10. The Hall–Kier alpha value is -1.34. The predicted octanol–water partition coefficient (Wildman–Crippen LogP) is 4.97. The molecule has 1 aliphatic rings. The Morgan fingerprint density at radius 1 is 0.950 bits per heavy atom. The van der Waals surface area contributed by atoms with Gasteiger partial charge in [0.1, 0.15) is 0 Å². The van der Waals surface area contributed by atoms with Crippen LogP contribution < -0.4 is 5.73 Å². The van der Waals surface area contributed by atoms with Gasteiger partial charge in [0.05, 0.1) is 0 Å². The van der Waals surface area contributed by atoms with Gasteiger partial charge < -0.3 is 5.73 Å². The summed E-state index contributed by atoms with van der Waals surface area (Å²) in [5, 5.41) is 2.70. The Morgan fingerprint density at radius 3 is 2.30 bits per heavy atom. The lowest BCUT2D eigenvalue weighted by Gasteiger charge is -2.31. The maximum atomic E-state index is 6.63. The zero-order chi connectivity index (χ0) is 14.1. The number of benzene rings is 2. The molecule has 2 aromatic rings. The first-order valence-corrected chi connectivity index (χ1v) is 7.90. The zero-order valence-electron chi connectivity index (χ0n) is 12.6. The molecule has 0 aromatic heterocycles. The third-order valence-corrected chi connectivity index (χ3v) is 5.10. The number of nitrogens with two attached hydrogens (primary N) is 1. The van der Waals surface area contributed by atoms with E-state index in [0.717, 1.165) is 5.92 Å². The van der Waals surface area contributed by atoms with E-state index >= 15 is 0 Å². The summed E-state index contributed by atoms with van der Waals surface area (Å²) < 4.78 is 0. The van der Waals surface area contributed by atoms with Crippen molar-refractivity contribution in [2.45, 2.75) is 45.6 Å². The van der Waals surface area contributed by atoms with Crippen molar-refractivity contribution in [2.75, 3.05) is 0 Å². The van der Waals surface area contributed by atoms with Gasteiger partial charge in [-0.15, -0.1) is 0 Å². The van der Waals surface area contributed by atoms with Gasteiger partial charge in [-0.3, -0.25) is 0 Å². The maximum absolute atomic E-state index is 6.63. The maximum Gasteiger partial charge on any atom is 0.0329 e. The Balaban J connectivity index is 1.95. The molecule has 1 fully saturated rings. The molecule has 1 heteroatoms. The minimum atomic E-state index is 0.188. The molecule has 0 saturated heterocycles. The van der Waals surface area contributed by atoms with Crippen molar-refractivity contribution in [3.05, 3.63) is 47.5 Å². The summed E-state index contributed by atoms with van der Waals surface area (Å²) >= 11 is 0. The van der Waals surface area contributed by atoms with Gasteiger partial charge >= 0.3 is 0 Å². The van der Waals surface area contributed by atoms with Crippen LogP contribution in [-0.4, -0.2) is 0 Å². The molecule has 2 N–H and O–H groups in total. The topological polar surface area (TPSA) is 26.0 Å². The average molecular weight is 267 g/mol. The van der Waals surface area contributed by atoms with Gasteiger partial charge in [0, 0.05) is 6.04 Å².